The van der Waals surface area contributed by atoms with Gasteiger partial charge in [-0.15, -0.1) is 0 Å². The monoisotopic (exact) mass is 281 g/mol. The van der Waals surface area contributed by atoms with Crippen LogP contribution in [0.4, 0.5) is 0 Å². The van der Waals surface area contributed by atoms with E-state index in [1.807, 2.05) is 6.92 Å². The van der Waals surface area contributed by atoms with Crippen molar-refractivity contribution < 1.29 is 14.4 Å². The summed E-state index contributed by atoms with van der Waals surface area (Å²) in [6, 6.07) is -0.872. The van der Waals surface area contributed by atoms with Gasteiger partial charge in [0.1, 0.15) is 12.6 Å². The lowest BCUT2D eigenvalue weighted by Gasteiger charge is -2.43. The molecule has 0 radical (unpaired) electrons. The Bertz CT molecular complexity index is 433. The van der Waals surface area contributed by atoms with E-state index in [0.29, 0.717) is 6.42 Å². The molecule has 6 heteroatoms. The Balaban J connectivity index is 2.21. The van der Waals surface area contributed by atoms with Gasteiger partial charge in [-0.25, -0.2) is 0 Å². The van der Waals surface area contributed by atoms with Gasteiger partial charge in [0.2, 0.25) is 17.7 Å². The van der Waals surface area contributed by atoms with E-state index < -0.39 is 11.9 Å². The maximum Gasteiger partial charge on any atom is 0.249 e. The number of carbonyl (C=O) groups excluding carboxylic acids is 3. The quantitative estimate of drug-likeness (QED) is 0.700. The molecule has 0 aromatic carbocycles. The number of amides is 3. The molecule has 0 aliphatic carbocycles. The van der Waals surface area contributed by atoms with Crippen molar-refractivity contribution >= 4 is 17.7 Å². The highest BCUT2D eigenvalue weighted by Gasteiger charge is 2.44. The molecule has 0 aromatic rings. The molecule has 2 aliphatic rings. The molecule has 2 heterocycles. The highest BCUT2D eigenvalue weighted by Crippen LogP contribution is 2.31. The molecule has 20 heavy (non-hydrogen) atoms. The molecular weight excluding hydrogens is 258 g/mol. The Labute approximate surface area is 119 Å². The first kappa shape index (κ1) is 15.0. The smallest absolute Gasteiger partial charge is 0.249 e. The first-order valence-corrected chi connectivity index (χ1v) is 7.24. The van der Waals surface area contributed by atoms with Crippen molar-refractivity contribution in [1.29, 1.82) is 0 Å². The maximum absolute atomic E-state index is 12.8. The molecule has 6 nitrogen and oxygen atoms in total. The number of piperidine rings is 1. The summed E-state index contributed by atoms with van der Waals surface area (Å²) in [5, 5.41) is 5.54. The second-order valence-electron chi connectivity index (χ2n) is 6.28. The van der Waals surface area contributed by atoms with Crippen LogP contribution >= 0.6 is 0 Å². The van der Waals surface area contributed by atoms with Crippen LogP contribution < -0.4 is 10.6 Å². The number of imide groups is 1. The van der Waals surface area contributed by atoms with E-state index in [1.54, 1.807) is 0 Å². The molecule has 2 N–H and O–H groups in total. The van der Waals surface area contributed by atoms with Crippen molar-refractivity contribution in [3.63, 3.8) is 0 Å². The highest BCUT2D eigenvalue weighted by molar-refractivity contribution is 6.04. The number of nitrogens with zero attached hydrogens (tertiary/aromatic N) is 1. The van der Waals surface area contributed by atoms with Gasteiger partial charge in [0, 0.05) is 0 Å². The number of rotatable bonds is 2. The van der Waals surface area contributed by atoms with Crippen molar-refractivity contribution in [2.45, 2.75) is 52.1 Å². The Hall–Kier alpha value is -1.43. The molecule has 112 valence electrons. The summed E-state index contributed by atoms with van der Waals surface area (Å²) in [7, 11) is 0. The molecule has 2 rings (SSSR count). The number of carbonyl (C=O) groups is 3. The van der Waals surface area contributed by atoms with Crippen LogP contribution in [0.5, 0.6) is 0 Å². The van der Waals surface area contributed by atoms with E-state index in [1.165, 1.54) is 4.90 Å². The van der Waals surface area contributed by atoms with Crippen LogP contribution in [-0.4, -0.2) is 47.8 Å². The summed E-state index contributed by atoms with van der Waals surface area (Å²) in [4.78, 5) is 37.6. The third-order valence-electron chi connectivity index (χ3n) is 4.30. The van der Waals surface area contributed by atoms with E-state index in [-0.39, 0.29) is 29.8 Å². The SMILES string of the molecule is CCC1C(=O)NC(=O)CN1C(=O)C1NCCCC1(C)C. The highest BCUT2D eigenvalue weighted by atomic mass is 16.2. The zero-order chi connectivity index (χ0) is 14.9. The predicted octanol–water partition coefficient (Wildman–Crippen LogP) is 0.0282. The largest absolute Gasteiger partial charge is 0.320 e. The molecule has 2 atom stereocenters. The maximum atomic E-state index is 12.8. The van der Waals surface area contributed by atoms with Crippen LogP contribution in [0.1, 0.15) is 40.0 Å². The zero-order valence-electron chi connectivity index (χ0n) is 12.4. The lowest BCUT2D eigenvalue weighted by molar-refractivity contribution is -0.153. The predicted molar refractivity (Wildman–Crippen MR) is 73.7 cm³/mol. The Morgan fingerprint density at radius 2 is 2.10 bits per heavy atom. The lowest BCUT2D eigenvalue weighted by atomic mass is 9.76. The van der Waals surface area contributed by atoms with Gasteiger partial charge >= 0.3 is 0 Å². The van der Waals surface area contributed by atoms with E-state index in [9.17, 15) is 14.4 Å². The van der Waals surface area contributed by atoms with Gasteiger partial charge in [0.05, 0.1) is 6.04 Å². The average molecular weight is 281 g/mol. The normalized spacial score (nSPS) is 30.1. The topological polar surface area (TPSA) is 78.5 Å². The van der Waals surface area contributed by atoms with Crippen molar-refractivity contribution in [3.8, 4) is 0 Å². The Kier molecular flexibility index (Phi) is 4.13. The van der Waals surface area contributed by atoms with Crippen molar-refractivity contribution in [1.82, 2.24) is 15.5 Å². The van der Waals surface area contributed by atoms with Crippen molar-refractivity contribution in [2.75, 3.05) is 13.1 Å². The van der Waals surface area contributed by atoms with E-state index in [2.05, 4.69) is 24.5 Å². The summed E-state index contributed by atoms with van der Waals surface area (Å²) >= 11 is 0. The van der Waals surface area contributed by atoms with Crippen LogP contribution in [0.3, 0.4) is 0 Å². The summed E-state index contributed by atoms with van der Waals surface area (Å²) in [5.74, 6) is -0.905. The second-order valence-corrected chi connectivity index (χ2v) is 6.28. The zero-order valence-corrected chi connectivity index (χ0v) is 12.4. The minimum Gasteiger partial charge on any atom is -0.320 e. The minimum absolute atomic E-state index is 0.0304. The second kappa shape index (κ2) is 5.52. The Morgan fingerprint density at radius 3 is 2.70 bits per heavy atom. The van der Waals surface area contributed by atoms with Crippen LogP contribution in [0.25, 0.3) is 0 Å². The van der Waals surface area contributed by atoms with Crippen molar-refractivity contribution in [2.24, 2.45) is 5.41 Å². The molecule has 2 aliphatic heterocycles. The number of hydrogen-bond donors (Lipinski definition) is 2. The average Bonchev–Trinajstić information content (AvgIpc) is 2.36. The molecule has 0 aromatic heterocycles. The number of piperazine rings is 1. The molecule has 0 saturated carbocycles. The van der Waals surface area contributed by atoms with Gasteiger partial charge in [-0.05, 0) is 31.2 Å². The van der Waals surface area contributed by atoms with E-state index >= 15 is 0 Å². The number of hydrogen-bond acceptors (Lipinski definition) is 4. The van der Waals surface area contributed by atoms with Crippen molar-refractivity contribution in [3.05, 3.63) is 0 Å². The minimum atomic E-state index is -0.542. The third kappa shape index (κ3) is 2.70. The summed E-state index contributed by atoms with van der Waals surface area (Å²) < 4.78 is 0. The summed E-state index contributed by atoms with van der Waals surface area (Å²) in [6.07, 6.45) is 2.51. The van der Waals surface area contributed by atoms with Crippen LogP contribution in [0.2, 0.25) is 0 Å². The van der Waals surface area contributed by atoms with E-state index in [0.717, 1.165) is 19.4 Å². The molecule has 0 bridgehead atoms. The van der Waals surface area contributed by atoms with Gasteiger partial charge in [-0.3, -0.25) is 19.7 Å². The lowest BCUT2D eigenvalue weighted by Crippen LogP contribution is -2.65. The third-order valence-corrected chi connectivity index (χ3v) is 4.30. The summed E-state index contributed by atoms with van der Waals surface area (Å²) in [6.45, 7) is 6.71. The Morgan fingerprint density at radius 1 is 1.40 bits per heavy atom. The first-order chi connectivity index (χ1) is 9.36. The fraction of sp³-hybridized carbons (Fsp3) is 0.786. The van der Waals surface area contributed by atoms with Gasteiger partial charge in [0.25, 0.3) is 0 Å². The van der Waals surface area contributed by atoms with E-state index in [4.69, 9.17) is 0 Å². The first-order valence-electron chi connectivity index (χ1n) is 7.24. The fourth-order valence-corrected chi connectivity index (χ4v) is 3.10. The molecule has 2 saturated heterocycles. The van der Waals surface area contributed by atoms with Crippen LogP contribution in [0, 0.1) is 5.41 Å². The van der Waals surface area contributed by atoms with Crippen LogP contribution in [-0.2, 0) is 14.4 Å². The molecule has 2 fully saturated rings. The fourth-order valence-electron chi connectivity index (χ4n) is 3.10. The standard InChI is InChI=1S/C14H23N3O3/c1-4-9-12(19)16-10(18)8-17(9)13(20)11-14(2,3)6-5-7-15-11/h9,11,15H,4-8H2,1-3H3,(H,16,18,19). The molecule has 2 unspecified atom stereocenters. The molecule has 3 amide bonds. The van der Waals surface area contributed by atoms with Gasteiger partial charge < -0.3 is 10.2 Å². The molecule has 0 spiro atoms. The summed E-state index contributed by atoms with van der Waals surface area (Å²) in [5.41, 5.74) is -0.162. The van der Waals surface area contributed by atoms with Gasteiger partial charge in [-0.1, -0.05) is 20.8 Å². The van der Waals surface area contributed by atoms with Gasteiger partial charge in [-0.2, -0.15) is 0 Å². The number of nitrogens with one attached hydrogen (secondary N) is 2. The van der Waals surface area contributed by atoms with Gasteiger partial charge in [0.15, 0.2) is 0 Å². The molecular formula is C14H23N3O3. The van der Waals surface area contributed by atoms with Crippen LogP contribution in [0.15, 0.2) is 0 Å².